The van der Waals surface area contributed by atoms with Gasteiger partial charge >= 0.3 is 0 Å². The summed E-state index contributed by atoms with van der Waals surface area (Å²) in [6.45, 7) is 5.30. The Morgan fingerprint density at radius 3 is 2.65 bits per heavy atom. The van der Waals surface area contributed by atoms with E-state index in [4.69, 9.17) is 0 Å². The van der Waals surface area contributed by atoms with E-state index in [-0.39, 0.29) is 6.10 Å². The third kappa shape index (κ3) is 2.21. The quantitative estimate of drug-likeness (QED) is 0.800. The van der Waals surface area contributed by atoms with Gasteiger partial charge in [-0.25, -0.2) is 0 Å². The molecule has 0 unspecified atom stereocenters. The van der Waals surface area contributed by atoms with Gasteiger partial charge in [-0.1, -0.05) is 37.1 Å². The summed E-state index contributed by atoms with van der Waals surface area (Å²) >= 11 is 0. The van der Waals surface area contributed by atoms with Crippen LogP contribution < -0.4 is 0 Å². The maximum Gasteiger partial charge on any atom is 0.0578 e. The van der Waals surface area contributed by atoms with Gasteiger partial charge in [0.2, 0.25) is 0 Å². The zero-order valence-corrected chi connectivity index (χ0v) is 14.7. The van der Waals surface area contributed by atoms with E-state index in [0.717, 1.165) is 31.6 Å². The van der Waals surface area contributed by atoms with Gasteiger partial charge in [-0.05, 0) is 80.0 Å². The van der Waals surface area contributed by atoms with Crippen LogP contribution >= 0.6 is 0 Å². The zero-order chi connectivity index (χ0) is 16.2. The lowest BCUT2D eigenvalue weighted by molar-refractivity contribution is 0.0400. The number of fused-ring (bicyclic) bond motifs is 5. The highest BCUT2D eigenvalue weighted by Crippen LogP contribution is 2.65. The molecule has 4 aliphatic rings. The Kier molecular flexibility index (Phi) is 3.77. The Morgan fingerprint density at radius 1 is 1.04 bits per heavy atom. The minimum Gasteiger partial charge on any atom is -0.396 e. The van der Waals surface area contributed by atoms with Gasteiger partial charge < -0.3 is 10.2 Å². The Labute approximate surface area is 140 Å². The van der Waals surface area contributed by atoms with Gasteiger partial charge in [-0.3, -0.25) is 0 Å². The number of rotatable bonds is 2. The van der Waals surface area contributed by atoms with Gasteiger partial charge in [-0.15, -0.1) is 0 Å². The molecule has 2 heteroatoms. The summed E-state index contributed by atoms with van der Waals surface area (Å²) in [5.41, 5.74) is 3.90. The van der Waals surface area contributed by atoms with Crippen LogP contribution in [0, 0.1) is 28.6 Å². The van der Waals surface area contributed by atoms with E-state index in [1.54, 1.807) is 5.57 Å². The van der Waals surface area contributed by atoms with Crippen molar-refractivity contribution in [2.24, 2.45) is 28.6 Å². The lowest BCUT2D eigenvalue weighted by Gasteiger charge is -2.54. The molecular formula is C21H32O2. The minimum atomic E-state index is -0.126. The predicted octanol–water partition coefficient (Wildman–Crippen LogP) is 4.23. The molecule has 0 spiro atoms. The number of aliphatic hydroxyl groups excluding tert-OH is 2. The van der Waals surface area contributed by atoms with Gasteiger partial charge in [0.15, 0.2) is 0 Å². The molecule has 0 aromatic heterocycles. The van der Waals surface area contributed by atoms with Crippen LogP contribution in [0.1, 0.15) is 65.2 Å². The fourth-order valence-electron chi connectivity index (χ4n) is 6.72. The molecule has 4 rings (SSSR count). The number of hydrogen-bond donors (Lipinski definition) is 2. The molecule has 3 fully saturated rings. The molecule has 0 saturated heterocycles. The Hall–Kier alpha value is -0.600. The second-order valence-corrected chi connectivity index (χ2v) is 9.11. The number of hydrogen-bond acceptors (Lipinski definition) is 2. The summed E-state index contributed by atoms with van der Waals surface area (Å²) in [5, 5.41) is 19.5. The molecule has 128 valence electrons. The average molecular weight is 316 g/mol. The molecule has 0 heterocycles. The topological polar surface area (TPSA) is 40.5 Å². The Morgan fingerprint density at radius 2 is 1.87 bits per heavy atom. The van der Waals surface area contributed by atoms with Crippen LogP contribution in [0.15, 0.2) is 23.3 Å². The molecule has 0 aromatic rings. The summed E-state index contributed by atoms with van der Waals surface area (Å²) in [5.74, 6) is 2.12. The van der Waals surface area contributed by atoms with E-state index < -0.39 is 0 Å². The van der Waals surface area contributed by atoms with Crippen LogP contribution in [0.4, 0.5) is 0 Å². The first-order chi connectivity index (χ1) is 11.0. The summed E-state index contributed by atoms with van der Waals surface area (Å²) < 4.78 is 0. The molecule has 23 heavy (non-hydrogen) atoms. The third-order valence-electron chi connectivity index (χ3n) is 8.22. The van der Waals surface area contributed by atoms with Gasteiger partial charge in [0.25, 0.3) is 0 Å². The minimum absolute atomic E-state index is 0.126. The van der Waals surface area contributed by atoms with Crippen molar-refractivity contribution in [2.75, 3.05) is 6.61 Å². The standard InChI is InChI=1S/C21H32O2/c1-20-11-8-19-17(18(20)6-4-14(20)9-12-22)5-3-15-13-16(23)7-10-21(15,19)2/h3,5,14,16,18-19,22-23H,4,6-13H2,1-2H3/t14-,16+,18+,19+,20-,21+/m1/s1. The van der Waals surface area contributed by atoms with Crippen molar-refractivity contribution in [1.29, 1.82) is 0 Å². The predicted molar refractivity (Wildman–Crippen MR) is 92.9 cm³/mol. The van der Waals surface area contributed by atoms with Crippen LogP contribution in [-0.2, 0) is 0 Å². The van der Waals surface area contributed by atoms with E-state index in [1.807, 2.05) is 0 Å². The van der Waals surface area contributed by atoms with E-state index in [1.165, 1.54) is 31.3 Å². The van der Waals surface area contributed by atoms with Crippen molar-refractivity contribution >= 4 is 0 Å². The van der Waals surface area contributed by atoms with Gasteiger partial charge in [0.05, 0.1) is 6.10 Å². The first-order valence-corrected chi connectivity index (χ1v) is 9.69. The maximum atomic E-state index is 10.1. The van der Waals surface area contributed by atoms with Crippen molar-refractivity contribution in [3.05, 3.63) is 23.3 Å². The van der Waals surface area contributed by atoms with Crippen molar-refractivity contribution in [1.82, 2.24) is 0 Å². The molecular weight excluding hydrogens is 284 g/mol. The molecule has 0 aromatic carbocycles. The SMILES string of the molecule is C[C@]12CC[C@H]3C(=CC=C4C[C@@H](O)CC[C@@]43C)[C@@H]1CC[C@@H]2CCO. The average Bonchev–Trinajstić information content (AvgIpc) is 2.85. The smallest absolute Gasteiger partial charge is 0.0578 e. The maximum absolute atomic E-state index is 10.1. The molecule has 2 N–H and O–H groups in total. The molecule has 6 atom stereocenters. The number of aliphatic hydroxyl groups is 2. The summed E-state index contributed by atoms with van der Waals surface area (Å²) in [4.78, 5) is 0. The van der Waals surface area contributed by atoms with E-state index >= 15 is 0 Å². The van der Waals surface area contributed by atoms with Gasteiger partial charge in [-0.2, -0.15) is 0 Å². The molecule has 2 nitrogen and oxygen atoms in total. The van der Waals surface area contributed by atoms with E-state index in [2.05, 4.69) is 26.0 Å². The van der Waals surface area contributed by atoms with Crippen molar-refractivity contribution in [3.63, 3.8) is 0 Å². The van der Waals surface area contributed by atoms with Crippen LogP contribution in [0.25, 0.3) is 0 Å². The first kappa shape index (κ1) is 15.9. The monoisotopic (exact) mass is 316 g/mol. The van der Waals surface area contributed by atoms with Crippen LogP contribution in [-0.4, -0.2) is 22.9 Å². The second kappa shape index (κ2) is 5.46. The lowest BCUT2D eigenvalue weighted by atomic mass is 9.50. The van der Waals surface area contributed by atoms with Gasteiger partial charge in [0, 0.05) is 6.61 Å². The van der Waals surface area contributed by atoms with Crippen LogP contribution in [0.2, 0.25) is 0 Å². The summed E-state index contributed by atoms with van der Waals surface area (Å²) in [6.07, 6.45) is 13.9. The van der Waals surface area contributed by atoms with Crippen molar-refractivity contribution in [3.8, 4) is 0 Å². The Bertz CT molecular complexity index is 548. The van der Waals surface area contributed by atoms with Crippen LogP contribution in [0.3, 0.4) is 0 Å². The molecule has 0 bridgehead atoms. The summed E-state index contributed by atoms with van der Waals surface area (Å²) in [6, 6.07) is 0. The molecule has 4 aliphatic carbocycles. The highest BCUT2D eigenvalue weighted by Gasteiger charge is 2.55. The molecule has 3 saturated carbocycles. The second-order valence-electron chi connectivity index (χ2n) is 9.11. The van der Waals surface area contributed by atoms with Crippen LogP contribution in [0.5, 0.6) is 0 Å². The third-order valence-corrected chi connectivity index (χ3v) is 8.22. The highest BCUT2D eigenvalue weighted by molar-refractivity contribution is 5.38. The van der Waals surface area contributed by atoms with E-state index in [0.29, 0.717) is 29.3 Å². The largest absolute Gasteiger partial charge is 0.396 e. The molecule has 0 aliphatic heterocycles. The fraction of sp³-hybridized carbons (Fsp3) is 0.810. The molecule has 0 amide bonds. The van der Waals surface area contributed by atoms with E-state index in [9.17, 15) is 10.2 Å². The first-order valence-electron chi connectivity index (χ1n) is 9.69. The number of allylic oxidation sites excluding steroid dienone is 3. The zero-order valence-electron chi connectivity index (χ0n) is 14.7. The van der Waals surface area contributed by atoms with Crippen molar-refractivity contribution in [2.45, 2.75) is 71.3 Å². The highest BCUT2D eigenvalue weighted by atomic mass is 16.3. The normalized spacial score (nSPS) is 48.9. The fourth-order valence-corrected chi connectivity index (χ4v) is 6.72. The van der Waals surface area contributed by atoms with Gasteiger partial charge in [0.1, 0.15) is 0 Å². The summed E-state index contributed by atoms with van der Waals surface area (Å²) in [7, 11) is 0. The lowest BCUT2D eigenvalue weighted by Crippen LogP contribution is -2.46. The molecule has 0 radical (unpaired) electrons. The van der Waals surface area contributed by atoms with Crippen molar-refractivity contribution < 1.29 is 10.2 Å². The Balaban J connectivity index is 1.68.